The fourth-order valence-corrected chi connectivity index (χ4v) is 0.962. The molecule has 0 aromatic rings. The zero-order valence-electron chi connectivity index (χ0n) is 9.04. The van der Waals surface area contributed by atoms with Crippen LogP contribution in [-0.2, 0) is 19.0 Å². The van der Waals surface area contributed by atoms with Gasteiger partial charge in [-0.05, 0) is 20.3 Å². The molecule has 1 aliphatic rings. The van der Waals surface area contributed by atoms with Gasteiger partial charge >= 0.3 is 5.97 Å². The van der Waals surface area contributed by atoms with Gasteiger partial charge in [-0.25, -0.2) is 0 Å². The second kappa shape index (κ2) is 4.75. The van der Waals surface area contributed by atoms with Gasteiger partial charge in [-0.3, -0.25) is 4.79 Å². The van der Waals surface area contributed by atoms with Crippen LogP contribution in [0.2, 0.25) is 0 Å². The van der Waals surface area contributed by atoms with Crippen LogP contribution in [0.25, 0.3) is 0 Å². The van der Waals surface area contributed by atoms with Crippen molar-refractivity contribution < 1.29 is 19.0 Å². The molecule has 1 heterocycles. The third-order valence-corrected chi connectivity index (χ3v) is 2.51. The molecule has 0 saturated carbocycles. The third kappa shape index (κ3) is 2.96. The lowest BCUT2D eigenvalue weighted by Crippen LogP contribution is -2.34. The lowest BCUT2D eigenvalue weighted by Gasteiger charge is -2.27. The minimum atomic E-state index is -0.429. The van der Waals surface area contributed by atoms with Gasteiger partial charge < -0.3 is 14.2 Å². The molecule has 4 nitrogen and oxygen atoms in total. The van der Waals surface area contributed by atoms with Crippen LogP contribution in [0.3, 0.4) is 0 Å². The summed E-state index contributed by atoms with van der Waals surface area (Å²) >= 11 is 0. The number of ether oxygens (including phenoxy) is 3. The van der Waals surface area contributed by atoms with Crippen LogP contribution in [0, 0.1) is 5.41 Å². The summed E-state index contributed by atoms with van der Waals surface area (Å²) in [4.78, 5) is 11.6. The summed E-state index contributed by atoms with van der Waals surface area (Å²) in [5, 5.41) is 0. The molecule has 0 N–H and O–H groups in total. The normalized spacial score (nSPS) is 23.2. The van der Waals surface area contributed by atoms with E-state index >= 15 is 0 Å². The first-order valence-corrected chi connectivity index (χ1v) is 4.96. The Bertz CT molecular complexity index is 194. The zero-order valence-corrected chi connectivity index (χ0v) is 9.04. The molecule has 1 fully saturated rings. The van der Waals surface area contributed by atoms with Crippen LogP contribution in [0.4, 0.5) is 0 Å². The van der Waals surface area contributed by atoms with E-state index in [4.69, 9.17) is 14.2 Å². The summed E-state index contributed by atoms with van der Waals surface area (Å²) in [5.74, 6) is -0.202. The Hall–Kier alpha value is -0.610. The molecule has 0 bridgehead atoms. The first-order chi connectivity index (χ1) is 6.56. The van der Waals surface area contributed by atoms with E-state index in [1.54, 1.807) is 0 Å². The van der Waals surface area contributed by atoms with Crippen molar-refractivity contribution in [3.05, 3.63) is 0 Å². The van der Waals surface area contributed by atoms with E-state index in [0.717, 1.165) is 6.42 Å². The number of esters is 1. The molecule has 1 saturated heterocycles. The minimum Gasteiger partial charge on any atom is -0.435 e. The van der Waals surface area contributed by atoms with E-state index in [9.17, 15) is 4.79 Å². The standard InChI is InChI=1S/C10H18O4/c1-4-10(2,3)9(11)14-8-5-6-12-7-13-8/h8H,4-7H2,1-3H3. The van der Waals surface area contributed by atoms with Crippen molar-refractivity contribution in [2.45, 2.75) is 39.9 Å². The zero-order chi connectivity index (χ0) is 10.6. The lowest BCUT2D eigenvalue weighted by molar-refractivity contribution is -0.237. The highest BCUT2D eigenvalue weighted by Gasteiger charge is 2.30. The van der Waals surface area contributed by atoms with Crippen molar-refractivity contribution in [2.75, 3.05) is 13.4 Å². The monoisotopic (exact) mass is 202 g/mol. The lowest BCUT2D eigenvalue weighted by atomic mass is 9.91. The second-order valence-electron chi connectivity index (χ2n) is 4.05. The highest BCUT2D eigenvalue weighted by molar-refractivity contribution is 5.75. The Morgan fingerprint density at radius 2 is 2.29 bits per heavy atom. The van der Waals surface area contributed by atoms with E-state index in [-0.39, 0.29) is 12.8 Å². The summed E-state index contributed by atoms with van der Waals surface area (Å²) in [6.07, 6.45) is 0.947. The van der Waals surface area contributed by atoms with Crippen LogP contribution < -0.4 is 0 Å². The fourth-order valence-electron chi connectivity index (χ4n) is 0.962. The first-order valence-electron chi connectivity index (χ1n) is 4.96. The Morgan fingerprint density at radius 1 is 1.57 bits per heavy atom. The summed E-state index contributed by atoms with van der Waals surface area (Å²) in [5.41, 5.74) is -0.429. The molecule has 1 unspecified atom stereocenters. The maximum atomic E-state index is 11.6. The SMILES string of the molecule is CCC(C)(C)C(=O)OC1CCOCO1. The van der Waals surface area contributed by atoms with Crippen molar-refractivity contribution in [1.82, 2.24) is 0 Å². The van der Waals surface area contributed by atoms with Crippen LogP contribution >= 0.6 is 0 Å². The van der Waals surface area contributed by atoms with Gasteiger partial charge in [0.05, 0.1) is 12.0 Å². The van der Waals surface area contributed by atoms with Crippen LogP contribution in [0.1, 0.15) is 33.6 Å². The molecule has 1 atom stereocenters. The van der Waals surface area contributed by atoms with Gasteiger partial charge in [-0.15, -0.1) is 0 Å². The van der Waals surface area contributed by atoms with Gasteiger partial charge in [0.15, 0.2) is 6.79 Å². The largest absolute Gasteiger partial charge is 0.435 e. The molecular weight excluding hydrogens is 184 g/mol. The summed E-state index contributed by atoms with van der Waals surface area (Å²) in [6, 6.07) is 0. The molecule has 4 heteroatoms. The molecule has 1 rings (SSSR count). The Morgan fingerprint density at radius 3 is 2.79 bits per heavy atom. The second-order valence-corrected chi connectivity index (χ2v) is 4.05. The number of rotatable bonds is 3. The molecular formula is C10H18O4. The predicted octanol–water partition coefficient (Wildman–Crippen LogP) is 1.69. The van der Waals surface area contributed by atoms with E-state index in [0.29, 0.717) is 13.0 Å². The Labute approximate surface area is 84.5 Å². The maximum absolute atomic E-state index is 11.6. The van der Waals surface area contributed by atoms with Gasteiger partial charge in [-0.2, -0.15) is 0 Å². The first kappa shape index (κ1) is 11.5. The van der Waals surface area contributed by atoms with Gasteiger partial charge in [0, 0.05) is 6.42 Å². The molecule has 0 aromatic carbocycles. The molecule has 82 valence electrons. The van der Waals surface area contributed by atoms with Crippen molar-refractivity contribution in [3.8, 4) is 0 Å². The average Bonchev–Trinajstić information content (AvgIpc) is 2.19. The van der Waals surface area contributed by atoms with Crippen molar-refractivity contribution in [3.63, 3.8) is 0 Å². The summed E-state index contributed by atoms with van der Waals surface area (Å²) in [6.45, 7) is 6.50. The highest BCUT2D eigenvalue weighted by Crippen LogP contribution is 2.23. The number of carbonyl (C=O) groups excluding carboxylic acids is 1. The molecule has 0 amide bonds. The van der Waals surface area contributed by atoms with E-state index in [1.165, 1.54) is 0 Å². The predicted molar refractivity (Wildman–Crippen MR) is 50.5 cm³/mol. The van der Waals surface area contributed by atoms with Gasteiger partial charge in [0.25, 0.3) is 0 Å². The summed E-state index contributed by atoms with van der Waals surface area (Å²) < 4.78 is 15.3. The molecule has 14 heavy (non-hydrogen) atoms. The summed E-state index contributed by atoms with van der Waals surface area (Å²) in [7, 11) is 0. The molecule has 0 radical (unpaired) electrons. The topological polar surface area (TPSA) is 44.8 Å². The average molecular weight is 202 g/mol. The molecule has 0 spiro atoms. The van der Waals surface area contributed by atoms with E-state index in [2.05, 4.69) is 0 Å². The van der Waals surface area contributed by atoms with E-state index < -0.39 is 11.7 Å². The minimum absolute atomic E-state index is 0.202. The van der Waals surface area contributed by atoms with Crippen molar-refractivity contribution in [1.29, 1.82) is 0 Å². The van der Waals surface area contributed by atoms with Crippen LogP contribution in [0.5, 0.6) is 0 Å². The Balaban J connectivity index is 2.39. The third-order valence-electron chi connectivity index (χ3n) is 2.51. The van der Waals surface area contributed by atoms with Gasteiger partial charge in [0.1, 0.15) is 0 Å². The molecule has 0 aromatic heterocycles. The number of hydrogen-bond donors (Lipinski definition) is 0. The van der Waals surface area contributed by atoms with Crippen molar-refractivity contribution in [2.24, 2.45) is 5.41 Å². The van der Waals surface area contributed by atoms with Gasteiger partial charge in [0.2, 0.25) is 6.29 Å². The van der Waals surface area contributed by atoms with Crippen LogP contribution in [-0.4, -0.2) is 25.7 Å². The number of carbonyl (C=O) groups is 1. The molecule has 0 aliphatic carbocycles. The number of hydrogen-bond acceptors (Lipinski definition) is 4. The molecule has 1 aliphatic heterocycles. The highest BCUT2D eigenvalue weighted by atomic mass is 16.8. The van der Waals surface area contributed by atoms with E-state index in [1.807, 2.05) is 20.8 Å². The van der Waals surface area contributed by atoms with Crippen LogP contribution in [0.15, 0.2) is 0 Å². The smallest absolute Gasteiger partial charge is 0.313 e. The Kier molecular flexibility index (Phi) is 3.89. The van der Waals surface area contributed by atoms with Crippen molar-refractivity contribution >= 4 is 5.97 Å². The fraction of sp³-hybridized carbons (Fsp3) is 0.900. The van der Waals surface area contributed by atoms with Gasteiger partial charge in [-0.1, -0.05) is 6.92 Å². The maximum Gasteiger partial charge on any atom is 0.313 e. The quantitative estimate of drug-likeness (QED) is 0.653.